The van der Waals surface area contributed by atoms with Crippen LogP contribution in [-0.4, -0.2) is 39.3 Å². The Morgan fingerprint density at radius 3 is 2.31 bits per heavy atom. The van der Waals surface area contributed by atoms with Crippen molar-refractivity contribution in [2.75, 3.05) is 18.6 Å². The van der Waals surface area contributed by atoms with E-state index in [4.69, 9.17) is 0 Å². The Morgan fingerprint density at radius 2 is 1.92 bits per heavy atom. The van der Waals surface area contributed by atoms with E-state index in [1.54, 1.807) is 13.8 Å². The van der Waals surface area contributed by atoms with E-state index in [9.17, 15) is 13.2 Å². The highest BCUT2D eigenvalue weighted by Crippen LogP contribution is 1.93. The number of sulfone groups is 1. The third kappa shape index (κ3) is 9.13. The van der Waals surface area contributed by atoms with Crippen molar-refractivity contribution in [1.29, 1.82) is 0 Å². The van der Waals surface area contributed by atoms with Crippen LogP contribution in [-0.2, 0) is 19.3 Å². The summed E-state index contributed by atoms with van der Waals surface area (Å²) in [6.45, 7) is 3.19. The van der Waals surface area contributed by atoms with Gasteiger partial charge >= 0.3 is 6.16 Å². The Kier molecular flexibility index (Phi) is 4.76. The van der Waals surface area contributed by atoms with Crippen LogP contribution < -0.4 is 0 Å². The van der Waals surface area contributed by atoms with E-state index in [1.807, 2.05) is 0 Å². The minimum atomic E-state index is -3.08. The highest BCUT2D eigenvalue weighted by atomic mass is 32.2. The third-order valence-corrected chi connectivity index (χ3v) is 1.91. The molecular formula is C7H14O5S. The minimum absolute atomic E-state index is 0.162. The molecule has 0 aromatic heterocycles. The summed E-state index contributed by atoms with van der Waals surface area (Å²) in [5.41, 5.74) is 0. The van der Waals surface area contributed by atoms with Gasteiger partial charge in [-0.1, -0.05) is 0 Å². The predicted molar refractivity (Wildman–Crippen MR) is 47.3 cm³/mol. The Morgan fingerprint density at radius 1 is 1.38 bits per heavy atom. The van der Waals surface area contributed by atoms with E-state index < -0.39 is 16.0 Å². The molecule has 0 radical (unpaired) electrons. The van der Waals surface area contributed by atoms with Crippen LogP contribution in [0, 0.1) is 0 Å². The standard InChI is InChI=1S/C7H14O5S/c1-6(2)12-7(8)11-4-5-13(3,9)10/h6H,4-5H2,1-3H3. The SMILES string of the molecule is CC(C)OC(=O)OCCS(C)(=O)=O. The highest BCUT2D eigenvalue weighted by Gasteiger charge is 2.08. The van der Waals surface area contributed by atoms with Crippen LogP contribution in [0.4, 0.5) is 4.79 Å². The number of carbonyl (C=O) groups is 1. The Labute approximate surface area is 77.9 Å². The molecule has 0 unspecified atom stereocenters. The molecule has 13 heavy (non-hydrogen) atoms. The van der Waals surface area contributed by atoms with E-state index in [-0.39, 0.29) is 18.5 Å². The maximum Gasteiger partial charge on any atom is 0.508 e. The van der Waals surface area contributed by atoms with E-state index in [1.165, 1.54) is 0 Å². The molecule has 0 rings (SSSR count). The molecule has 0 aliphatic rings. The number of carbonyl (C=O) groups excluding carboxylic acids is 1. The van der Waals surface area contributed by atoms with Crippen molar-refractivity contribution in [1.82, 2.24) is 0 Å². The van der Waals surface area contributed by atoms with Crippen molar-refractivity contribution in [2.45, 2.75) is 20.0 Å². The first-order valence-corrected chi connectivity index (χ1v) is 5.88. The normalized spacial score (nSPS) is 11.4. The summed E-state index contributed by atoms with van der Waals surface area (Å²) in [5, 5.41) is 0. The van der Waals surface area contributed by atoms with Crippen LogP contribution in [0.25, 0.3) is 0 Å². The summed E-state index contributed by atoms with van der Waals surface area (Å²) >= 11 is 0. The second-order valence-electron chi connectivity index (χ2n) is 2.89. The summed E-state index contributed by atoms with van der Waals surface area (Å²) in [6.07, 6.45) is -0.0196. The molecule has 0 saturated heterocycles. The van der Waals surface area contributed by atoms with Crippen LogP contribution in [0.15, 0.2) is 0 Å². The molecule has 0 aliphatic heterocycles. The molecular weight excluding hydrogens is 196 g/mol. The molecule has 0 aromatic rings. The zero-order valence-corrected chi connectivity index (χ0v) is 8.76. The fourth-order valence-corrected chi connectivity index (χ4v) is 0.889. The van der Waals surface area contributed by atoms with Crippen LogP contribution in [0.1, 0.15) is 13.8 Å². The Bertz CT molecular complexity index is 254. The molecule has 6 heteroatoms. The van der Waals surface area contributed by atoms with Gasteiger partial charge in [-0.2, -0.15) is 0 Å². The zero-order chi connectivity index (χ0) is 10.5. The predicted octanol–water partition coefficient (Wildman–Crippen LogP) is 0.593. The summed E-state index contributed by atoms with van der Waals surface area (Å²) in [4.78, 5) is 10.7. The van der Waals surface area contributed by atoms with Crippen LogP contribution in [0.5, 0.6) is 0 Å². The van der Waals surface area contributed by atoms with E-state index >= 15 is 0 Å². The molecule has 0 atom stereocenters. The maximum absolute atomic E-state index is 10.7. The molecule has 0 aromatic carbocycles. The molecule has 0 fully saturated rings. The van der Waals surface area contributed by atoms with Crippen LogP contribution in [0.2, 0.25) is 0 Å². The molecule has 0 spiro atoms. The first kappa shape index (κ1) is 12.2. The maximum atomic E-state index is 10.7. The lowest BCUT2D eigenvalue weighted by atomic mass is 10.5. The largest absolute Gasteiger partial charge is 0.508 e. The summed E-state index contributed by atoms with van der Waals surface area (Å²) in [6, 6.07) is 0. The quantitative estimate of drug-likeness (QED) is 0.635. The summed E-state index contributed by atoms with van der Waals surface area (Å²) in [5.74, 6) is -0.180. The number of hydrogen-bond acceptors (Lipinski definition) is 5. The number of hydrogen-bond donors (Lipinski definition) is 0. The van der Waals surface area contributed by atoms with Gasteiger partial charge in [0, 0.05) is 6.26 Å². The third-order valence-electron chi connectivity index (χ3n) is 1.01. The summed E-state index contributed by atoms with van der Waals surface area (Å²) < 4.78 is 30.3. The van der Waals surface area contributed by atoms with Gasteiger partial charge in [-0.3, -0.25) is 0 Å². The van der Waals surface area contributed by atoms with Gasteiger partial charge in [0.15, 0.2) is 9.84 Å². The van der Waals surface area contributed by atoms with Gasteiger partial charge in [0.1, 0.15) is 6.61 Å². The molecule has 0 amide bonds. The van der Waals surface area contributed by atoms with E-state index in [0.717, 1.165) is 6.26 Å². The van der Waals surface area contributed by atoms with Gasteiger partial charge in [-0.15, -0.1) is 0 Å². The second-order valence-corrected chi connectivity index (χ2v) is 5.15. The van der Waals surface area contributed by atoms with Crippen molar-refractivity contribution in [3.63, 3.8) is 0 Å². The lowest BCUT2D eigenvalue weighted by Crippen LogP contribution is -2.17. The first-order valence-electron chi connectivity index (χ1n) is 3.82. The molecule has 0 bridgehead atoms. The molecule has 5 nitrogen and oxygen atoms in total. The molecule has 0 aliphatic carbocycles. The lowest BCUT2D eigenvalue weighted by molar-refractivity contribution is 0.0383. The van der Waals surface area contributed by atoms with Crippen molar-refractivity contribution >= 4 is 16.0 Å². The highest BCUT2D eigenvalue weighted by molar-refractivity contribution is 7.90. The average Bonchev–Trinajstić information content (AvgIpc) is 1.81. The van der Waals surface area contributed by atoms with Gasteiger partial charge in [-0.25, -0.2) is 13.2 Å². The van der Waals surface area contributed by atoms with Crippen LogP contribution in [0.3, 0.4) is 0 Å². The molecule has 78 valence electrons. The van der Waals surface area contributed by atoms with Crippen molar-refractivity contribution in [3.8, 4) is 0 Å². The fraction of sp³-hybridized carbons (Fsp3) is 0.857. The minimum Gasteiger partial charge on any atom is -0.433 e. The van der Waals surface area contributed by atoms with Gasteiger partial charge in [0.25, 0.3) is 0 Å². The molecule has 0 N–H and O–H groups in total. The van der Waals surface area contributed by atoms with E-state index in [0.29, 0.717) is 0 Å². The van der Waals surface area contributed by atoms with Crippen LogP contribution >= 0.6 is 0 Å². The van der Waals surface area contributed by atoms with Gasteiger partial charge in [-0.05, 0) is 13.8 Å². The molecule has 0 saturated carbocycles. The van der Waals surface area contributed by atoms with Gasteiger partial charge < -0.3 is 9.47 Å². The Hall–Kier alpha value is -0.780. The average molecular weight is 210 g/mol. The van der Waals surface area contributed by atoms with Gasteiger partial charge in [0.05, 0.1) is 11.9 Å². The van der Waals surface area contributed by atoms with Gasteiger partial charge in [0.2, 0.25) is 0 Å². The first-order chi connectivity index (χ1) is 5.81. The summed E-state index contributed by atoms with van der Waals surface area (Å²) in [7, 11) is -3.08. The lowest BCUT2D eigenvalue weighted by Gasteiger charge is -2.07. The zero-order valence-electron chi connectivity index (χ0n) is 7.94. The molecule has 0 heterocycles. The smallest absolute Gasteiger partial charge is 0.433 e. The number of rotatable bonds is 4. The van der Waals surface area contributed by atoms with Crippen molar-refractivity contribution in [2.24, 2.45) is 0 Å². The van der Waals surface area contributed by atoms with E-state index in [2.05, 4.69) is 9.47 Å². The topological polar surface area (TPSA) is 69.7 Å². The second kappa shape index (κ2) is 5.06. The Balaban J connectivity index is 3.61. The monoisotopic (exact) mass is 210 g/mol. The number of ether oxygens (including phenoxy) is 2. The van der Waals surface area contributed by atoms with Crippen molar-refractivity contribution < 1.29 is 22.7 Å². The van der Waals surface area contributed by atoms with Crippen molar-refractivity contribution in [3.05, 3.63) is 0 Å². The fourth-order valence-electron chi connectivity index (χ4n) is 0.503.